The van der Waals surface area contributed by atoms with Crippen molar-refractivity contribution in [2.75, 3.05) is 13.7 Å². The number of allylic oxidation sites excluding steroid dienone is 1. The highest BCUT2D eigenvalue weighted by Crippen LogP contribution is 2.37. The second kappa shape index (κ2) is 5.40. The van der Waals surface area contributed by atoms with Crippen molar-refractivity contribution in [1.82, 2.24) is 14.9 Å². The summed E-state index contributed by atoms with van der Waals surface area (Å²) in [5, 5.41) is 0. The molecule has 0 spiro atoms. The van der Waals surface area contributed by atoms with Gasteiger partial charge in [-0.1, -0.05) is 5.57 Å². The topological polar surface area (TPSA) is 58.2 Å². The Balaban J connectivity index is 1.78. The van der Waals surface area contributed by atoms with E-state index in [0.717, 1.165) is 12.2 Å². The molecule has 2 atom stereocenters. The van der Waals surface area contributed by atoms with Crippen molar-refractivity contribution in [1.29, 1.82) is 0 Å². The van der Waals surface area contributed by atoms with E-state index in [1.807, 2.05) is 4.90 Å². The number of hydrogen-bond donors (Lipinski definition) is 1. The highest BCUT2D eigenvalue weighted by atomic mass is 16.5. The second-order valence-electron chi connectivity index (χ2n) is 5.74. The van der Waals surface area contributed by atoms with Crippen LogP contribution >= 0.6 is 0 Å². The highest BCUT2D eigenvalue weighted by molar-refractivity contribution is 5.89. The van der Waals surface area contributed by atoms with Gasteiger partial charge in [-0.05, 0) is 25.7 Å². The van der Waals surface area contributed by atoms with Crippen molar-refractivity contribution in [3.8, 4) is 0 Å². The van der Waals surface area contributed by atoms with Crippen molar-refractivity contribution in [2.45, 2.75) is 38.3 Å². The summed E-state index contributed by atoms with van der Waals surface area (Å²) in [6.07, 6.45) is 8.64. The number of likely N-dealkylation sites (tertiary alicyclic amines) is 1. The number of rotatable bonds is 4. The Bertz CT molecular complexity index is 505. The zero-order chi connectivity index (χ0) is 14.1. The van der Waals surface area contributed by atoms with Gasteiger partial charge < -0.3 is 14.6 Å². The van der Waals surface area contributed by atoms with Gasteiger partial charge in [0.25, 0.3) is 0 Å². The minimum absolute atomic E-state index is 0.00861. The Morgan fingerprint density at radius 2 is 2.35 bits per heavy atom. The summed E-state index contributed by atoms with van der Waals surface area (Å²) in [5.74, 6) is 1.55. The van der Waals surface area contributed by atoms with E-state index in [2.05, 4.69) is 16.9 Å². The summed E-state index contributed by atoms with van der Waals surface area (Å²) in [4.78, 5) is 21.8. The van der Waals surface area contributed by atoms with Gasteiger partial charge in [0.1, 0.15) is 5.82 Å². The van der Waals surface area contributed by atoms with E-state index in [4.69, 9.17) is 4.74 Å². The number of carbonyl (C=O) groups is 1. The zero-order valence-corrected chi connectivity index (χ0v) is 12.0. The van der Waals surface area contributed by atoms with Crippen LogP contribution in [0.25, 0.3) is 0 Å². The lowest BCUT2D eigenvalue weighted by Gasteiger charge is -2.21. The fraction of sp³-hybridized carbons (Fsp3) is 0.600. The molecule has 2 fully saturated rings. The van der Waals surface area contributed by atoms with Crippen LogP contribution in [0.4, 0.5) is 0 Å². The van der Waals surface area contributed by atoms with E-state index < -0.39 is 0 Å². The smallest absolute Gasteiger partial charge is 0.247 e. The van der Waals surface area contributed by atoms with Gasteiger partial charge in [0, 0.05) is 38.5 Å². The second-order valence-corrected chi connectivity index (χ2v) is 5.74. The number of methoxy groups -OCH3 is 1. The monoisotopic (exact) mass is 275 g/mol. The Kier molecular flexibility index (Phi) is 3.61. The molecule has 0 radical (unpaired) electrons. The first-order chi connectivity index (χ1) is 9.69. The van der Waals surface area contributed by atoms with E-state index in [1.54, 1.807) is 25.6 Å². The molecular formula is C15H21N3O2. The first kappa shape index (κ1) is 13.4. The minimum Gasteiger partial charge on any atom is -0.380 e. The molecule has 1 aromatic heterocycles. The van der Waals surface area contributed by atoms with Crippen molar-refractivity contribution >= 4 is 5.91 Å². The summed E-state index contributed by atoms with van der Waals surface area (Å²) in [5.41, 5.74) is 1.20. The average Bonchev–Trinajstić information content (AvgIpc) is 3.00. The molecule has 0 bridgehead atoms. The summed E-state index contributed by atoms with van der Waals surface area (Å²) >= 11 is 0. The van der Waals surface area contributed by atoms with Gasteiger partial charge >= 0.3 is 0 Å². The van der Waals surface area contributed by atoms with Gasteiger partial charge in [-0.3, -0.25) is 4.79 Å². The van der Waals surface area contributed by atoms with Gasteiger partial charge in [-0.2, -0.15) is 0 Å². The highest BCUT2D eigenvalue weighted by Gasteiger charge is 2.37. The number of nitrogens with one attached hydrogen (secondary N) is 1. The first-order valence-electron chi connectivity index (χ1n) is 7.20. The lowest BCUT2D eigenvalue weighted by molar-refractivity contribution is -0.127. The normalized spacial score (nSPS) is 27.1. The number of imidazole rings is 1. The van der Waals surface area contributed by atoms with E-state index >= 15 is 0 Å². The lowest BCUT2D eigenvalue weighted by atomic mass is 10.1. The molecule has 1 N–H and O–H groups in total. The van der Waals surface area contributed by atoms with Crippen LogP contribution in [0.5, 0.6) is 0 Å². The number of H-pyrrole nitrogens is 1. The molecule has 1 unspecified atom stereocenters. The molecule has 2 heterocycles. The molecule has 1 aliphatic carbocycles. The number of hydrogen-bond acceptors (Lipinski definition) is 3. The standard InChI is InChI=1S/C15H21N3O2/c1-10(11-3-4-11)7-14(19)18-9-12(20-2)8-13(18)15-16-5-6-17-15/h5-7,11-13H,3-4,8-9H2,1-2H3,(H,16,17)/b10-7+/t12-,13?/m1/s1. The van der Waals surface area contributed by atoms with Crippen molar-refractivity contribution < 1.29 is 9.53 Å². The number of nitrogens with zero attached hydrogens (tertiary/aromatic N) is 2. The van der Waals surface area contributed by atoms with Crippen molar-refractivity contribution in [3.05, 3.63) is 29.9 Å². The molecule has 5 heteroatoms. The van der Waals surface area contributed by atoms with Crippen LogP contribution in [-0.4, -0.2) is 40.5 Å². The van der Waals surface area contributed by atoms with Crippen LogP contribution in [0.1, 0.15) is 38.1 Å². The number of aromatic nitrogens is 2. The predicted molar refractivity (Wildman–Crippen MR) is 74.9 cm³/mol. The fourth-order valence-electron chi connectivity index (χ4n) is 2.86. The third-order valence-corrected chi connectivity index (χ3v) is 4.29. The molecule has 1 amide bonds. The third-order valence-electron chi connectivity index (χ3n) is 4.29. The van der Waals surface area contributed by atoms with Gasteiger partial charge in [-0.15, -0.1) is 0 Å². The number of carbonyl (C=O) groups excluding carboxylic acids is 1. The van der Waals surface area contributed by atoms with E-state index in [1.165, 1.54) is 18.4 Å². The summed E-state index contributed by atoms with van der Waals surface area (Å²) in [7, 11) is 1.70. The summed E-state index contributed by atoms with van der Waals surface area (Å²) in [6, 6.07) is -0.00861. The van der Waals surface area contributed by atoms with Crippen LogP contribution in [0.2, 0.25) is 0 Å². The van der Waals surface area contributed by atoms with E-state index in [0.29, 0.717) is 12.5 Å². The number of amides is 1. The Morgan fingerprint density at radius 3 is 2.95 bits per heavy atom. The van der Waals surface area contributed by atoms with E-state index in [-0.39, 0.29) is 18.1 Å². The minimum atomic E-state index is -0.00861. The fourth-order valence-corrected chi connectivity index (χ4v) is 2.86. The predicted octanol–water partition coefficient (Wildman–Crippen LogP) is 2.05. The molecule has 1 saturated heterocycles. The van der Waals surface area contributed by atoms with Crippen LogP contribution in [0, 0.1) is 5.92 Å². The Labute approximate surface area is 119 Å². The summed E-state index contributed by atoms with van der Waals surface area (Å²) in [6.45, 7) is 2.69. The molecule has 20 heavy (non-hydrogen) atoms. The third kappa shape index (κ3) is 2.63. The molecule has 0 aromatic carbocycles. The summed E-state index contributed by atoms with van der Waals surface area (Å²) < 4.78 is 5.43. The largest absolute Gasteiger partial charge is 0.380 e. The molecule has 5 nitrogen and oxygen atoms in total. The van der Waals surface area contributed by atoms with Gasteiger partial charge in [0.05, 0.1) is 12.1 Å². The zero-order valence-electron chi connectivity index (χ0n) is 12.0. The van der Waals surface area contributed by atoms with Crippen LogP contribution in [-0.2, 0) is 9.53 Å². The van der Waals surface area contributed by atoms with Crippen molar-refractivity contribution in [2.24, 2.45) is 5.92 Å². The maximum absolute atomic E-state index is 12.5. The van der Waals surface area contributed by atoms with Gasteiger partial charge in [-0.25, -0.2) is 4.98 Å². The van der Waals surface area contributed by atoms with Crippen LogP contribution < -0.4 is 0 Å². The molecule has 3 rings (SSSR count). The maximum atomic E-state index is 12.5. The quantitative estimate of drug-likeness (QED) is 0.856. The van der Waals surface area contributed by atoms with Gasteiger partial charge in [0.2, 0.25) is 5.91 Å². The SMILES string of the molecule is CO[C@@H]1CC(c2ncc[nH]2)N(C(=O)/C=C(\C)C2CC2)C1. The average molecular weight is 275 g/mol. The number of ether oxygens (including phenoxy) is 1. The maximum Gasteiger partial charge on any atom is 0.247 e. The molecule has 1 saturated carbocycles. The van der Waals surface area contributed by atoms with Gasteiger partial charge in [0.15, 0.2) is 0 Å². The molecule has 1 aromatic rings. The molecule has 2 aliphatic rings. The lowest BCUT2D eigenvalue weighted by Crippen LogP contribution is -2.31. The molecule has 108 valence electrons. The van der Waals surface area contributed by atoms with Crippen molar-refractivity contribution in [3.63, 3.8) is 0 Å². The molecule has 1 aliphatic heterocycles. The Hall–Kier alpha value is -1.62. The van der Waals surface area contributed by atoms with Crippen LogP contribution in [0.15, 0.2) is 24.0 Å². The Morgan fingerprint density at radius 1 is 1.55 bits per heavy atom. The number of aromatic amines is 1. The van der Waals surface area contributed by atoms with Crippen LogP contribution in [0.3, 0.4) is 0 Å². The molecular weight excluding hydrogens is 254 g/mol. The first-order valence-corrected chi connectivity index (χ1v) is 7.20. The van der Waals surface area contributed by atoms with E-state index in [9.17, 15) is 4.79 Å².